The van der Waals surface area contributed by atoms with E-state index in [1.54, 1.807) is 6.08 Å². The Morgan fingerprint density at radius 2 is 0.810 bits per heavy atom. The molecular formula is C52H99NO5. The number of amides is 1. The molecule has 0 aliphatic heterocycles. The van der Waals surface area contributed by atoms with Crippen molar-refractivity contribution in [3.8, 4) is 0 Å². The van der Waals surface area contributed by atoms with Gasteiger partial charge in [-0.2, -0.15) is 0 Å². The minimum Gasteiger partial charge on any atom is -0.466 e. The molecule has 0 aliphatic rings. The first-order valence-corrected chi connectivity index (χ1v) is 25.6. The molecule has 0 spiro atoms. The lowest BCUT2D eigenvalue weighted by atomic mass is 10.0. The number of ether oxygens (including phenoxy) is 1. The predicted octanol–water partition coefficient (Wildman–Crippen LogP) is 15.1. The third-order valence-electron chi connectivity index (χ3n) is 11.7. The molecule has 342 valence electrons. The van der Waals surface area contributed by atoms with E-state index in [2.05, 4.69) is 31.3 Å². The number of unbranched alkanes of at least 4 members (excludes halogenated alkanes) is 34. The molecule has 0 aromatic carbocycles. The fraction of sp³-hybridized carbons (Fsp3) is 0.885. The molecule has 0 heterocycles. The van der Waals surface area contributed by atoms with Crippen LogP contribution >= 0.6 is 0 Å². The van der Waals surface area contributed by atoms with Crippen LogP contribution in [-0.4, -0.2) is 47.4 Å². The van der Waals surface area contributed by atoms with Crippen molar-refractivity contribution in [1.29, 1.82) is 0 Å². The number of hydrogen-bond donors (Lipinski definition) is 3. The zero-order chi connectivity index (χ0) is 42.3. The van der Waals surface area contributed by atoms with E-state index in [4.69, 9.17) is 4.74 Å². The van der Waals surface area contributed by atoms with Crippen LogP contribution in [0.4, 0.5) is 0 Å². The molecule has 3 N–H and O–H groups in total. The van der Waals surface area contributed by atoms with E-state index >= 15 is 0 Å². The van der Waals surface area contributed by atoms with Gasteiger partial charge in [-0.3, -0.25) is 9.59 Å². The third-order valence-corrected chi connectivity index (χ3v) is 11.7. The number of nitrogens with one attached hydrogen (secondary N) is 1. The summed E-state index contributed by atoms with van der Waals surface area (Å²) >= 11 is 0. The van der Waals surface area contributed by atoms with E-state index < -0.39 is 12.1 Å². The van der Waals surface area contributed by atoms with Crippen LogP contribution in [0.3, 0.4) is 0 Å². The van der Waals surface area contributed by atoms with E-state index in [9.17, 15) is 19.8 Å². The quantitative estimate of drug-likeness (QED) is 0.0323. The minimum atomic E-state index is -0.865. The van der Waals surface area contributed by atoms with Crippen molar-refractivity contribution < 1.29 is 24.5 Å². The second kappa shape index (κ2) is 48.0. The Morgan fingerprint density at radius 1 is 0.466 bits per heavy atom. The highest BCUT2D eigenvalue weighted by molar-refractivity contribution is 5.76. The topological polar surface area (TPSA) is 95.9 Å². The maximum absolute atomic E-state index is 12.4. The van der Waals surface area contributed by atoms with Gasteiger partial charge >= 0.3 is 5.97 Å². The number of carbonyl (C=O) groups is 2. The molecule has 0 rings (SSSR count). The second-order valence-electron chi connectivity index (χ2n) is 17.5. The highest BCUT2D eigenvalue weighted by Crippen LogP contribution is 2.16. The summed E-state index contributed by atoms with van der Waals surface area (Å²) in [5.41, 5.74) is 0. The molecule has 2 unspecified atom stereocenters. The Kier molecular flexibility index (Phi) is 46.6. The minimum absolute atomic E-state index is 0.0353. The monoisotopic (exact) mass is 818 g/mol. The van der Waals surface area contributed by atoms with Crippen LogP contribution in [0.5, 0.6) is 0 Å². The van der Waals surface area contributed by atoms with E-state index in [1.807, 2.05) is 6.08 Å². The number of aliphatic hydroxyl groups is 2. The van der Waals surface area contributed by atoms with Gasteiger partial charge in [0.15, 0.2) is 0 Å². The maximum atomic E-state index is 12.4. The summed E-state index contributed by atoms with van der Waals surface area (Å²) in [6, 6.07) is -0.652. The lowest BCUT2D eigenvalue weighted by Gasteiger charge is -2.20. The first-order chi connectivity index (χ1) is 28.5. The number of allylic oxidation sites excluding steroid dienone is 3. The standard InChI is InChI=1S/C52H99NO5/c1-3-5-7-9-11-13-15-17-19-21-23-25-30-34-38-42-46-52(57)58-47-43-39-35-31-27-26-29-33-37-41-45-51(56)53-49(48-54)50(55)44-40-36-32-28-24-22-20-18-16-14-12-10-8-6-4-2/h27,31,40,44,49-50,54-55H,3-26,28-30,32-39,41-43,45-48H2,1-2H3,(H,53,56)/b31-27-,44-40+. The molecule has 2 atom stereocenters. The van der Waals surface area contributed by atoms with Crippen LogP contribution in [0.25, 0.3) is 0 Å². The van der Waals surface area contributed by atoms with Crippen molar-refractivity contribution in [1.82, 2.24) is 5.32 Å². The van der Waals surface area contributed by atoms with E-state index in [-0.39, 0.29) is 18.5 Å². The van der Waals surface area contributed by atoms with Gasteiger partial charge in [-0.25, -0.2) is 0 Å². The van der Waals surface area contributed by atoms with Crippen molar-refractivity contribution >= 4 is 11.9 Å². The molecule has 0 bridgehead atoms. The van der Waals surface area contributed by atoms with Crippen LogP contribution in [0, 0.1) is 0 Å². The molecular weight excluding hydrogens is 719 g/mol. The normalized spacial score (nSPS) is 12.8. The smallest absolute Gasteiger partial charge is 0.305 e. The number of aliphatic hydroxyl groups excluding tert-OH is 2. The molecule has 0 radical (unpaired) electrons. The average Bonchev–Trinajstić information content (AvgIpc) is 3.22. The Hall–Kier alpha value is -1.66. The predicted molar refractivity (Wildman–Crippen MR) is 250 cm³/mol. The molecule has 0 fully saturated rings. The average molecular weight is 818 g/mol. The second-order valence-corrected chi connectivity index (χ2v) is 17.5. The highest BCUT2D eigenvalue weighted by atomic mass is 16.5. The summed E-state index contributed by atoms with van der Waals surface area (Å²) in [5.74, 6) is -0.138. The van der Waals surface area contributed by atoms with Crippen molar-refractivity contribution in [2.24, 2.45) is 0 Å². The number of hydrogen-bond acceptors (Lipinski definition) is 5. The number of carbonyl (C=O) groups excluding carboxylic acids is 2. The molecule has 6 nitrogen and oxygen atoms in total. The van der Waals surface area contributed by atoms with Gasteiger partial charge in [-0.1, -0.05) is 224 Å². The molecule has 6 heteroatoms. The molecule has 0 saturated heterocycles. The zero-order valence-electron chi connectivity index (χ0n) is 38.8. The summed E-state index contributed by atoms with van der Waals surface area (Å²) in [6.07, 6.45) is 56.1. The van der Waals surface area contributed by atoms with Crippen LogP contribution in [0.2, 0.25) is 0 Å². The van der Waals surface area contributed by atoms with Crippen molar-refractivity contribution in [3.05, 3.63) is 24.3 Å². The van der Waals surface area contributed by atoms with Gasteiger partial charge in [0.05, 0.1) is 25.4 Å². The van der Waals surface area contributed by atoms with Gasteiger partial charge in [0.2, 0.25) is 5.91 Å². The summed E-state index contributed by atoms with van der Waals surface area (Å²) < 4.78 is 5.44. The maximum Gasteiger partial charge on any atom is 0.305 e. The van der Waals surface area contributed by atoms with Crippen molar-refractivity contribution in [2.75, 3.05) is 13.2 Å². The zero-order valence-corrected chi connectivity index (χ0v) is 38.8. The van der Waals surface area contributed by atoms with Gasteiger partial charge in [0, 0.05) is 12.8 Å². The third kappa shape index (κ3) is 43.9. The molecule has 0 aromatic rings. The Labute approximate surface area is 361 Å². The molecule has 0 saturated carbocycles. The molecule has 1 amide bonds. The molecule has 0 aliphatic carbocycles. The summed E-state index contributed by atoms with van der Waals surface area (Å²) in [7, 11) is 0. The van der Waals surface area contributed by atoms with Gasteiger partial charge < -0.3 is 20.3 Å². The Morgan fingerprint density at radius 3 is 1.22 bits per heavy atom. The molecule has 0 aromatic heterocycles. The van der Waals surface area contributed by atoms with Crippen LogP contribution in [0.15, 0.2) is 24.3 Å². The van der Waals surface area contributed by atoms with Crippen LogP contribution in [0.1, 0.15) is 271 Å². The molecule has 58 heavy (non-hydrogen) atoms. The SMILES string of the molecule is CCCCCCCCCCCCCCC/C=C/C(O)C(CO)NC(=O)CCCCCC/C=C\CCCCOC(=O)CCCCCCCCCCCCCCCCCC. The van der Waals surface area contributed by atoms with Crippen LogP contribution < -0.4 is 5.32 Å². The van der Waals surface area contributed by atoms with Crippen LogP contribution in [-0.2, 0) is 14.3 Å². The summed E-state index contributed by atoms with van der Waals surface area (Å²) in [4.78, 5) is 24.4. The van der Waals surface area contributed by atoms with Gasteiger partial charge in [-0.15, -0.1) is 0 Å². The Balaban J connectivity index is 3.55. The summed E-state index contributed by atoms with van der Waals surface area (Å²) in [6.45, 7) is 4.82. The lowest BCUT2D eigenvalue weighted by Crippen LogP contribution is -2.45. The van der Waals surface area contributed by atoms with Gasteiger partial charge in [0.1, 0.15) is 0 Å². The van der Waals surface area contributed by atoms with E-state index in [0.29, 0.717) is 19.4 Å². The van der Waals surface area contributed by atoms with Gasteiger partial charge in [-0.05, 0) is 57.8 Å². The number of esters is 1. The number of rotatable bonds is 47. The largest absolute Gasteiger partial charge is 0.466 e. The summed E-state index contributed by atoms with van der Waals surface area (Å²) in [5, 5.41) is 23.0. The highest BCUT2D eigenvalue weighted by Gasteiger charge is 2.18. The first kappa shape index (κ1) is 56.3. The van der Waals surface area contributed by atoms with Crippen molar-refractivity contribution in [2.45, 2.75) is 283 Å². The lowest BCUT2D eigenvalue weighted by molar-refractivity contribution is -0.143. The van der Waals surface area contributed by atoms with Gasteiger partial charge in [0.25, 0.3) is 0 Å². The fourth-order valence-corrected chi connectivity index (χ4v) is 7.74. The van der Waals surface area contributed by atoms with E-state index in [0.717, 1.165) is 77.0 Å². The fourth-order valence-electron chi connectivity index (χ4n) is 7.74. The first-order valence-electron chi connectivity index (χ1n) is 25.6. The van der Waals surface area contributed by atoms with E-state index in [1.165, 1.54) is 167 Å². The Bertz CT molecular complexity index is 904. The van der Waals surface area contributed by atoms with Crippen molar-refractivity contribution in [3.63, 3.8) is 0 Å².